The minimum Gasteiger partial charge on any atom is -0.342 e. The van der Waals surface area contributed by atoms with Gasteiger partial charge in [0.1, 0.15) is 0 Å². The molecule has 0 aromatic heterocycles. The van der Waals surface area contributed by atoms with Crippen LogP contribution in [0, 0.1) is 0 Å². The molecule has 0 unspecified atom stereocenters. The number of carbonyl (C=O) groups excluding carboxylic acids is 2. The summed E-state index contributed by atoms with van der Waals surface area (Å²) in [5.41, 5.74) is 1.73. The number of hydrogen-bond acceptors (Lipinski definition) is 3. The highest BCUT2D eigenvalue weighted by Gasteiger charge is 2.20. The first kappa shape index (κ1) is 18.3. The summed E-state index contributed by atoms with van der Waals surface area (Å²) in [5, 5.41) is 5.95. The normalized spacial score (nSPS) is 18.0. The van der Waals surface area contributed by atoms with E-state index >= 15 is 0 Å². The highest BCUT2D eigenvalue weighted by molar-refractivity contribution is 5.89. The maximum Gasteiger partial charge on any atom is 0.319 e. The van der Waals surface area contributed by atoms with Crippen LogP contribution in [0.2, 0.25) is 0 Å². The number of urea groups is 1. The average Bonchev–Trinajstić information content (AvgIpc) is 2.55. The van der Waals surface area contributed by atoms with Crippen LogP contribution in [0.5, 0.6) is 0 Å². The number of carbonyl (C=O) groups is 2. The standard InChI is InChI=1S/C18H28N4O2/c1-4-22-10-6-9-17(13-22)20-18(24)19-16-8-5-7-15(11-16)12-21(3)14(2)23/h5,7-8,11,17H,4,6,9-10,12-13H2,1-3H3,(H2,19,20,24)/t17-/m1/s1. The van der Waals surface area contributed by atoms with Crippen molar-refractivity contribution in [3.8, 4) is 0 Å². The van der Waals surface area contributed by atoms with Crippen LogP contribution in [0.3, 0.4) is 0 Å². The maximum absolute atomic E-state index is 12.2. The number of amides is 3. The third-order valence-corrected chi connectivity index (χ3v) is 4.43. The third-order valence-electron chi connectivity index (χ3n) is 4.43. The zero-order valence-electron chi connectivity index (χ0n) is 14.8. The lowest BCUT2D eigenvalue weighted by atomic mass is 10.1. The monoisotopic (exact) mass is 332 g/mol. The van der Waals surface area contributed by atoms with Gasteiger partial charge in [0.2, 0.25) is 5.91 Å². The Kier molecular flexibility index (Phi) is 6.61. The second-order valence-corrected chi connectivity index (χ2v) is 6.41. The highest BCUT2D eigenvalue weighted by Crippen LogP contribution is 2.13. The van der Waals surface area contributed by atoms with Crippen LogP contribution < -0.4 is 10.6 Å². The Morgan fingerprint density at radius 1 is 1.38 bits per heavy atom. The molecule has 0 spiro atoms. The van der Waals surface area contributed by atoms with Gasteiger partial charge in [0, 0.05) is 38.8 Å². The highest BCUT2D eigenvalue weighted by atomic mass is 16.2. The van der Waals surface area contributed by atoms with Gasteiger partial charge in [-0.15, -0.1) is 0 Å². The van der Waals surface area contributed by atoms with Crippen LogP contribution in [-0.4, -0.2) is 54.5 Å². The van der Waals surface area contributed by atoms with Crippen molar-refractivity contribution >= 4 is 17.6 Å². The predicted molar refractivity (Wildman–Crippen MR) is 95.9 cm³/mol. The number of benzene rings is 1. The zero-order valence-corrected chi connectivity index (χ0v) is 14.8. The molecule has 6 nitrogen and oxygen atoms in total. The van der Waals surface area contributed by atoms with Crippen LogP contribution in [0.1, 0.15) is 32.3 Å². The van der Waals surface area contributed by atoms with Crippen molar-refractivity contribution in [3.05, 3.63) is 29.8 Å². The second kappa shape index (κ2) is 8.68. The van der Waals surface area contributed by atoms with E-state index in [-0.39, 0.29) is 18.0 Å². The van der Waals surface area contributed by atoms with E-state index < -0.39 is 0 Å². The molecule has 2 rings (SSSR count). The molecule has 1 saturated heterocycles. The number of likely N-dealkylation sites (tertiary alicyclic amines) is 1. The van der Waals surface area contributed by atoms with E-state index in [0.717, 1.165) is 43.7 Å². The summed E-state index contributed by atoms with van der Waals surface area (Å²) >= 11 is 0. The van der Waals surface area contributed by atoms with Gasteiger partial charge in [-0.1, -0.05) is 19.1 Å². The molecule has 1 aliphatic heterocycles. The Hall–Kier alpha value is -2.08. The molecule has 0 radical (unpaired) electrons. The summed E-state index contributed by atoms with van der Waals surface area (Å²) in [6, 6.07) is 7.62. The quantitative estimate of drug-likeness (QED) is 0.869. The van der Waals surface area contributed by atoms with E-state index in [2.05, 4.69) is 22.5 Å². The average molecular weight is 332 g/mol. The fraction of sp³-hybridized carbons (Fsp3) is 0.556. The molecule has 132 valence electrons. The van der Waals surface area contributed by atoms with Crippen LogP contribution in [0.25, 0.3) is 0 Å². The lowest BCUT2D eigenvalue weighted by molar-refractivity contribution is -0.128. The van der Waals surface area contributed by atoms with Gasteiger partial charge in [-0.2, -0.15) is 0 Å². The summed E-state index contributed by atoms with van der Waals surface area (Å²) in [7, 11) is 1.76. The lowest BCUT2D eigenvalue weighted by Gasteiger charge is -2.32. The summed E-state index contributed by atoms with van der Waals surface area (Å²) in [6.07, 6.45) is 2.14. The molecule has 3 amide bonds. The molecule has 1 aliphatic rings. The molecule has 6 heteroatoms. The van der Waals surface area contributed by atoms with Gasteiger partial charge in [-0.05, 0) is 43.6 Å². The van der Waals surface area contributed by atoms with Gasteiger partial charge in [0.25, 0.3) is 0 Å². The van der Waals surface area contributed by atoms with Crippen molar-refractivity contribution in [1.29, 1.82) is 0 Å². The minimum atomic E-state index is -0.171. The SMILES string of the molecule is CCN1CCC[C@@H](NC(=O)Nc2cccc(CN(C)C(C)=O)c2)C1. The predicted octanol–water partition coefficient (Wildman–Crippen LogP) is 2.27. The molecular formula is C18H28N4O2. The molecule has 24 heavy (non-hydrogen) atoms. The molecule has 2 N–H and O–H groups in total. The molecule has 1 fully saturated rings. The number of hydrogen-bond donors (Lipinski definition) is 2. The van der Waals surface area contributed by atoms with E-state index in [1.807, 2.05) is 24.3 Å². The Balaban J connectivity index is 1.88. The van der Waals surface area contributed by atoms with Gasteiger partial charge < -0.3 is 20.4 Å². The van der Waals surface area contributed by atoms with Crippen LogP contribution in [0.4, 0.5) is 10.5 Å². The number of likely N-dealkylation sites (N-methyl/N-ethyl adjacent to an activating group) is 1. The fourth-order valence-electron chi connectivity index (χ4n) is 2.95. The Morgan fingerprint density at radius 2 is 2.17 bits per heavy atom. The third kappa shape index (κ3) is 5.53. The molecule has 1 heterocycles. The van der Waals surface area contributed by atoms with Gasteiger partial charge in [0.15, 0.2) is 0 Å². The summed E-state index contributed by atoms with van der Waals surface area (Å²) in [5.74, 6) is 0.0175. The Bertz CT molecular complexity index is 576. The van der Waals surface area contributed by atoms with E-state index in [0.29, 0.717) is 6.54 Å². The lowest BCUT2D eigenvalue weighted by Crippen LogP contribution is -2.48. The van der Waals surface area contributed by atoms with E-state index in [4.69, 9.17) is 0 Å². The van der Waals surface area contributed by atoms with Crippen molar-refractivity contribution < 1.29 is 9.59 Å². The number of nitrogens with one attached hydrogen (secondary N) is 2. The minimum absolute atomic E-state index is 0.0175. The molecule has 1 aromatic carbocycles. The van der Waals surface area contributed by atoms with Crippen molar-refractivity contribution in [2.75, 3.05) is 32.0 Å². The second-order valence-electron chi connectivity index (χ2n) is 6.41. The first-order valence-electron chi connectivity index (χ1n) is 8.58. The van der Waals surface area contributed by atoms with Gasteiger partial charge >= 0.3 is 6.03 Å². The van der Waals surface area contributed by atoms with Crippen molar-refractivity contribution in [2.45, 2.75) is 39.3 Å². The number of rotatable bonds is 5. The van der Waals surface area contributed by atoms with E-state index in [1.54, 1.807) is 18.9 Å². The van der Waals surface area contributed by atoms with Crippen LogP contribution >= 0.6 is 0 Å². The van der Waals surface area contributed by atoms with E-state index in [9.17, 15) is 9.59 Å². The van der Waals surface area contributed by atoms with Crippen LogP contribution in [-0.2, 0) is 11.3 Å². The van der Waals surface area contributed by atoms with Crippen molar-refractivity contribution in [2.24, 2.45) is 0 Å². The van der Waals surface area contributed by atoms with E-state index in [1.165, 1.54) is 0 Å². The molecule has 0 saturated carbocycles. The van der Waals surface area contributed by atoms with Gasteiger partial charge in [0.05, 0.1) is 0 Å². The summed E-state index contributed by atoms with van der Waals surface area (Å²) < 4.78 is 0. The zero-order chi connectivity index (χ0) is 17.5. The first-order chi connectivity index (χ1) is 11.5. The molecular weight excluding hydrogens is 304 g/mol. The Morgan fingerprint density at radius 3 is 2.88 bits per heavy atom. The van der Waals surface area contributed by atoms with Crippen LogP contribution in [0.15, 0.2) is 24.3 Å². The van der Waals surface area contributed by atoms with Gasteiger partial charge in [-0.3, -0.25) is 4.79 Å². The first-order valence-corrected chi connectivity index (χ1v) is 8.58. The molecule has 1 atom stereocenters. The summed E-state index contributed by atoms with van der Waals surface area (Å²) in [6.45, 7) is 7.26. The maximum atomic E-state index is 12.2. The Labute approximate surface area is 144 Å². The summed E-state index contributed by atoms with van der Waals surface area (Å²) in [4.78, 5) is 27.5. The van der Waals surface area contributed by atoms with Crippen molar-refractivity contribution in [3.63, 3.8) is 0 Å². The molecule has 1 aromatic rings. The number of anilines is 1. The van der Waals surface area contributed by atoms with Crippen molar-refractivity contribution in [1.82, 2.24) is 15.1 Å². The van der Waals surface area contributed by atoms with Gasteiger partial charge in [-0.25, -0.2) is 4.79 Å². The molecule has 0 aliphatic carbocycles. The number of nitrogens with zero attached hydrogens (tertiary/aromatic N) is 2. The molecule has 0 bridgehead atoms. The topological polar surface area (TPSA) is 64.7 Å². The fourth-order valence-corrected chi connectivity index (χ4v) is 2.95. The number of piperidine rings is 1. The largest absolute Gasteiger partial charge is 0.342 e. The smallest absolute Gasteiger partial charge is 0.319 e.